The van der Waals surface area contributed by atoms with E-state index in [9.17, 15) is 0 Å². The van der Waals surface area contributed by atoms with Crippen molar-refractivity contribution in [1.29, 1.82) is 0 Å². The Balaban J connectivity index is 1.84. The predicted octanol–water partition coefficient (Wildman–Crippen LogP) is 0.959. The molecule has 1 fully saturated rings. The average molecular weight is 276 g/mol. The van der Waals surface area contributed by atoms with Gasteiger partial charge in [0, 0.05) is 26.2 Å². The molecule has 20 heavy (non-hydrogen) atoms. The molecule has 0 unspecified atom stereocenters. The van der Waals surface area contributed by atoms with E-state index in [2.05, 4.69) is 9.88 Å². The Kier molecular flexibility index (Phi) is 3.75. The van der Waals surface area contributed by atoms with E-state index in [1.54, 1.807) is 7.11 Å². The number of nitrogen functional groups attached to an aromatic ring is 1. The normalized spacial score (nSPS) is 16.6. The number of nitrogens with two attached hydrogens (primary N) is 1. The Morgan fingerprint density at radius 1 is 1.30 bits per heavy atom. The van der Waals surface area contributed by atoms with Crippen molar-refractivity contribution in [1.82, 2.24) is 14.5 Å². The molecule has 0 radical (unpaired) electrons. The van der Waals surface area contributed by atoms with Crippen LogP contribution in [0.3, 0.4) is 0 Å². The van der Waals surface area contributed by atoms with Crippen LogP contribution in [0.25, 0.3) is 11.0 Å². The third-order valence-electron chi connectivity index (χ3n) is 3.72. The Bertz CT molecular complexity index is 590. The fourth-order valence-electron chi connectivity index (χ4n) is 2.63. The van der Waals surface area contributed by atoms with Crippen molar-refractivity contribution in [2.45, 2.75) is 6.54 Å². The van der Waals surface area contributed by atoms with Crippen LogP contribution in [0.15, 0.2) is 18.2 Å². The zero-order chi connectivity index (χ0) is 13.9. The number of methoxy groups -OCH3 is 1. The molecule has 2 aromatic rings. The molecule has 1 aromatic heterocycles. The van der Waals surface area contributed by atoms with E-state index in [1.165, 1.54) is 0 Å². The van der Waals surface area contributed by atoms with Gasteiger partial charge < -0.3 is 19.8 Å². The minimum atomic E-state index is 0.540. The largest absolute Gasteiger partial charge is 0.494 e. The number of anilines is 1. The van der Waals surface area contributed by atoms with Gasteiger partial charge in [-0.25, -0.2) is 4.98 Å². The summed E-state index contributed by atoms with van der Waals surface area (Å²) in [5.74, 6) is 1.35. The zero-order valence-corrected chi connectivity index (χ0v) is 11.7. The molecule has 2 heterocycles. The third kappa shape index (κ3) is 2.44. The van der Waals surface area contributed by atoms with Gasteiger partial charge in [-0.1, -0.05) is 6.07 Å². The van der Waals surface area contributed by atoms with Crippen LogP contribution in [0.2, 0.25) is 0 Å². The minimum Gasteiger partial charge on any atom is -0.494 e. The highest BCUT2D eigenvalue weighted by molar-refractivity contribution is 5.84. The molecular weight excluding hydrogens is 256 g/mol. The molecule has 6 nitrogen and oxygen atoms in total. The minimum absolute atomic E-state index is 0.540. The van der Waals surface area contributed by atoms with E-state index < -0.39 is 0 Å². The van der Waals surface area contributed by atoms with Crippen molar-refractivity contribution in [3.63, 3.8) is 0 Å². The quantitative estimate of drug-likeness (QED) is 0.901. The third-order valence-corrected chi connectivity index (χ3v) is 3.72. The summed E-state index contributed by atoms with van der Waals surface area (Å²) in [4.78, 5) is 6.78. The predicted molar refractivity (Wildman–Crippen MR) is 78.0 cm³/mol. The maximum Gasteiger partial charge on any atom is 0.201 e. The molecule has 0 aliphatic carbocycles. The van der Waals surface area contributed by atoms with E-state index in [4.69, 9.17) is 15.2 Å². The number of imidazole rings is 1. The van der Waals surface area contributed by atoms with Gasteiger partial charge in [0.1, 0.15) is 11.3 Å². The lowest BCUT2D eigenvalue weighted by Gasteiger charge is -2.26. The highest BCUT2D eigenvalue weighted by Gasteiger charge is 2.15. The Morgan fingerprint density at radius 2 is 2.10 bits per heavy atom. The van der Waals surface area contributed by atoms with Gasteiger partial charge in [-0.15, -0.1) is 0 Å². The maximum absolute atomic E-state index is 6.05. The van der Waals surface area contributed by atoms with Crippen LogP contribution in [-0.4, -0.2) is 54.4 Å². The molecule has 108 valence electrons. The van der Waals surface area contributed by atoms with Crippen LogP contribution < -0.4 is 10.5 Å². The van der Waals surface area contributed by atoms with Gasteiger partial charge in [-0.05, 0) is 12.1 Å². The lowest BCUT2D eigenvalue weighted by molar-refractivity contribution is 0.0366. The van der Waals surface area contributed by atoms with Crippen LogP contribution in [0.4, 0.5) is 5.95 Å². The van der Waals surface area contributed by atoms with Crippen LogP contribution in [-0.2, 0) is 11.3 Å². The lowest BCUT2D eigenvalue weighted by atomic mass is 10.3. The second-order valence-electron chi connectivity index (χ2n) is 4.90. The first-order chi connectivity index (χ1) is 9.79. The van der Waals surface area contributed by atoms with Gasteiger partial charge in [0.15, 0.2) is 0 Å². The van der Waals surface area contributed by atoms with Crippen molar-refractivity contribution < 1.29 is 9.47 Å². The molecule has 2 N–H and O–H groups in total. The first-order valence-corrected chi connectivity index (χ1v) is 6.88. The Labute approximate surface area is 118 Å². The first kappa shape index (κ1) is 13.2. The van der Waals surface area contributed by atoms with Gasteiger partial charge in [0.25, 0.3) is 0 Å². The van der Waals surface area contributed by atoms with Crippen LogP contribution >= 0.6 is 0 Å². The molecule has 1 aromatic carbocycles. The highest BCUT2D eigenvalue weighted by atomic mass is 16.5. The van der Waals surface area contributed by atoms with E-state index in [0.717, 1.165) is 56.2 Å². The molecule has 1 aliphatic rings. The van der Waals surface area contributed by atoms with E-state index in [-0.39, 0.29) is 0 Å². The molecule has 1 saturated heterocycles. The summed E-state index contributed by atoms with van der Waals surface area (Å²) >= 11 is 0. The fourth-order valence-corrected chi connectivity index (χ4v) is 2.63. The number of rotatable bonds is 4. The number of para-hydroxylation sites is 1. The van der Waals surface area contributed by atoms with Gasteiger partial charge in [0.05, 0.1) is 25.8 Å². The number of hydrogen-bond donors (Lipinski definition) is 1. The summed E-state index contributed by atoms with van der Waals surface area (Å²) in [6.07, 6.45) is 0. The second kappa shape index (κ2) is 5.68. The van der Waals surface area contributed by atoms with Gasteiger partial charge in [-0.3, -0.25) is 4.90 Å². The topological polar surface area (TPSA) is 65.5 Å². The molecule has 0 bridgehead atoms. The maximum atomic E-state index is 6.05. The smallest absolute Gasteiger partial charge is 0.201 e. The molecular formula is C14H20N4O2. The number of hydrogen-bond acceptors (Lipinski definition) is 5. The van der Waals surface area contributed by atoms with Crippen molar-refractivity contribution in [3.8, 4) is 5.75 Å². The number of benzene rings is 1. The Morgan fingerprint density at radius 3 is 2.85 bits per heavy atom. The van der Waals surface area contributed by atoms with Crippen molar-refractivity contribution in [2.24, 2.45) is 0 Å². The van der Waals surface area contributed by atoms with Crippen molar-refractivity contribution >= 4 is 17.0 Å². The Hall–Kier alpha value is -1.79. The summed E-state index contributed by atoms with van der Waals surface area (Å²) in [7, 11) is 1.67. The average Bonchev–Trinajstić information content (AvgIpc) is 2.81. The summed E-state index contributed by atoms with van der Waals surface area (Å²) in [5.41, 5.74) is 7.90. The van der Waals surface area contributed by atoms with E-state index in [1.807, 2.05) is 22.8 Å². The number of nitrogens with zero attached hydrogens (tertiary/aromatic N) is 3. The standard InChI is InChI=1S/C14H20N4O2/c1-19-12-4-2-3-11-13(12)18(14(15)16-11)6-5-17-7-9-20-10-8-17/h2-4H,5-10H2,1H3,(H2,15,16). The number of fused-ring (bicyclic) bond motifs is 1. The van der Waals surface area contributed by atoms with Gasteiger partial charge in [0.2, 0.25) is 5.95 Å². The summed E-state index contributed by atoms with van der Waals surface area (Å²) in [6.45, 7) is 5.32. The van der Waals surface area contributed by atoms with Crippen molar-refractivity contribution in [2.75, 3.05) is 45.7 Å². The lowest BCUT2D eigenvalue weighted by Crippen LogP contribution is -2.38. The zero-order valence-electron chi connectivity index (χ0n) is 11.7. The summed E-state index contributed by atoms with van der Waals surface area (Å²) in [6, 6.07) is 5.83. The fraction of sp³-hybridized carbons (Fsp3) is 0.500. The molecule has 1 aliphatic heterocycles. The molecule has 0 spiro atoms. The first-order valence-electron chi connectivity index (χ1n) is 6.88. The summed E-state index contributed by atoms with van der Waals surface area (Å²) in [5, 5.41) is 0. The van der Waals surface area contributed by atoms with E-state index in [0.29, 0.717) is 5.95 Å². The molecule has 0 saturated carbocycles. The van der Waals surface area contributed by atoms with Gasteiger partial charge in [-0.2, -0.15) is 0 Å². The number of morpholine rings is 1. The monoisotopic (exact) mass is 276 g/mol. The summed E-state index contributed by atoms with van der Waals surface area (Å²) < 4.78 is 12.8. The molecule has 0 atom stereocenters. The van der Waals surface area contributed by atoms with Crippen molar-refractivity contribution in [3.05, 3.63) is 18.2 Å². The second-order valence-corrected chi connectivity index (χ2v) is 4.90. The molecule has 0 amide bonds. The number of aromatic nitrogens is 2. The SMILES string of the molecule is COc1cccc2nc(N)n(CCN3CCOCC3)c12. The van der Waals surface area contributed by atoms with Gasteiger partial charge >= 0.3 is 0 Å². The van der Waals surface area contributed by atoms with Crippen LogP contribution in [0.1, 0.15) is 0 Å². The molecule has 6 heteroatoms. The number of ether oxygens (including phenoxy) is 2. The highest BCUT2D eigenvalue weighted by Crippen LogP contribution is 2.27. The van der Waals surface area contributed by atoms with Crippen LogP contribution in [0.5, 0.6) is 5.75 Å². The van der Waals surface area contributed by atoms with E-state index >= 15 is 0 Å². The molecule has 3 rings (SSSR count). The van der Waals surface area contributed by atoms with Crippen LogP contribution in [0, 0.1) is 0 Å².